The maximum Gasteiger partial charge on any atom is 0.324 e. The molecule has 198 valence electrons. The van der Waals surface area contributed by atoms with Gasteiger partial charge in [-0.1, -0.05) is 66.7 Å². The Balaban J connectivity index is 2.02. The van der Waals surface area contributed by atoms with Gasteiger partial charge in [0, 0.05) is 43.1 Å². The van der Waals surface area contributed by atoms with Crippen molar-refractivity contribution >= 4 is 23.3 Å². The standard InChI is InChI=1S/C31H32O7/c1-20(32)12-11-17-23-18-31(29(33)36-3,30(34)37-4)19-24-25(23)26(27(35-2)21-13-7-5-8-14-21)28(38-24)22-15-9-6-10-16-22/h5-10,13-17,27H,11-12,18-19H2,1-4H3/b23-17-/t27-/m1/s1. The highest BCUT2D eigenvalue weighted by molar-refractivity contribution is 6.03. The highest BCUT2D eigenvalue weighted by atomic mass is 16.5. The Morgan fingerprint density at radius 1 is 0.921 bits per heavy atom. The van der Waals surface area contributed by atoms with E-state index in [4.69, 9.17) is 18.6 Å². The molecule has 0 spiro atoms. The van der Waals surface area contributed by atoms with E-state index in [9.17, 15) is 14.4 Å². The average molecular weight is 517 g/mol. The summed E-state index contributed by atoms with van der Waals surface area (Å²) in [5, 5.41) is 0. The first-order valence-electron chi connectivity index (χ1n) is 12.5. The summed E-state index contributed by atoms with van der Waals surface area (Å²) in [5.74, 6) is -0.292. The lowest BCUT2D eigenvalue weighted by Crippen LogP contribution is -2.45. The zero-order chi connectivity index (χ0) is 27.3. The molecule has 0 N–H and O–H groups in total. The van der Waals surface area contributed by atoms with Crippen LogP contribution in [0, 0.1) is 5.41 Å². The van der Waals surface area contributed by atoms with Gasteiger partial charge in [-0.2, -0.15) is 0 Å². The lowest BCUT2D eigenvalue weighted by atomic mass is 9.70. The van der Waals surface area contributed by atoms with Crippen LogP contribution in [0.1, 0.15) is 54.7 Å². The van der Waals surface area contributed by atoms with Gasteiger partial charge in [-0.15, -0.1) is 0 Å². The van der Waals surface area contributed by atoms with E-state index in [0.717, 1.165) is 22.3 Å². The average Bonchev–Trinajstić information content (AvgIpc) is 3.32. The number of ether oxygens (including phenoxy) is 3. The SMILES string of the molecule is COC(=O)C1(C(=O)OC)C/C(=C/CCC(C)=O)c2c(oc(-c3ccccc3)c2[C@H](OC)c2ccccc2)C1. The summed E-state index contributed by atoms with van der Waals surface area (Å²) in [7, 11) is 4.14. The number of carbonyl (C=O) groups excluding carboxylic acids is 3. The number of Topliss-reactive ketones (excluding diaryl/α,β-unsaturated/α-hetero) is 1. The molecule has 1 aliphatic rings. The Hall–Kier alpha value is -3.97. The minimum atomic E-state index is -1.61. The van der Waals surface area contributed by atoms with Crippen LogP contribution in [0.4, 0.5) is 0 Å². The van der Waals surface area contributed by atoms with Gasteiger partial charge in [0.2, 0.25) is 0 Å². The highest BCUT2D eigenvalue weighted by Crippen LogP contribution is 2.51. The minimum absolute atomic E-state index is 0.0310. The van der Waals surface area contributed by atoms with Gasteiger partial charge in [-0.05, 0) is 24.5 Å². The molecule has 0 amide bonds. The van der Waals surface area contributed by atoms with Gasteiger partial charge in [0.05, 0.1) is 14.2 Å². The van der Waals surface area contributed by atoms with E-state index in [1.807, 2.05) is 66.7 Å². The normalized spacial score (nSPS) is 15.9. The monoisotopic (exact) mass is 516 g/mol. The Morgan fingerprint density at radius 3 is 2.08 bits per heavy atom. The number of fused-ring (bicyclic) bond motifs is 1. The second kappa shape index (κ2) is 11.6. The van der Waals surface area contributed by atoms with Crippen molar-refractivity contribution in [1.29, 1.82) is 0 Å². The summed E-state index contributed by atoms with van der Waals surface area (Å²) >= 11 is 0. The van der Waals surface area contributed by atoms with Crippen molar-refractivity contribution in [2.24, 2.45) is 5.41 Å². The van der Waals surface area contributed by atoms with E-state index in [0.29, 0.717) is 29.9 Å². The largest absolute Gasteiger partial charge is 0.468 e. The van der Waals surface area contributed by atoms with Gasteiger partial charge in [-0.3, -0.25) is 9.59 Å². The Bertz CT molecular complexity index is 1320. The molecule has 3 aromatic rings. The first-order valence-corrected chi connectivity index (χ1v) is 12.5. The molecule has 1 heterocycles. The molecule has 1 aromatic heterocycles. The molecule has 4 rings (SSSR count). The molecule has 0 unspecified atom stereocenters. The Morgan fingerprint density at radius 2 is 1.53 bits per heavy atom. The fourth-order valence-corrected chi connectivity index (χ4v) is 5.21. The van der Waals surface area contributed by atoms with E-state index >= 15 is 0 Å². The molecular formula is C31H32O7. The minimum Gasteiger partial charge on any atom is -0.468 e. The van der Waals surface area contributed by atoms with Crippen LogP contribution in [0.3, 0.4) is 0 Å². The number of ketones is 1. The molecule has 0 fully saturated rings. The third-order valence-electron chi connectivity index (χ3n) is 6.97. The van der Waals surface area contributed by atoms with Gasteiger partial charge in [-0.25, -0.2) is 0 Å². The molecule has 0 bridgehead atoms. The maximum atomic E-state index is 13.1. The van der Waals surface area contributed by atoms with Crippen molar-refractivity contribution in [2.75, 3.05) is 21.3 Å². The molecule has 0 saturated heterocycles. The smallest absolute Gasteiger partial charge is 0.324 e. The van der Waals surface area contributed by atoms with Crippen molar-refractivity contribution < 1.29 is 33.0 Å². The third kappa shape index (κ3) is 5.07. The Labute approximate surface area is 222 Å². The van der Waals surface area contributed by atoms with Gasteiger partial charge in [0.1, 0.15) is 23.4 Å². The van der Waals surface area contributed by atoms with E-state index in [1.165, 1.54) is 21.1 Å². The summed E-state index contributed by atoms with van der Waals surface area (Å²) in [5.41, 5.74) is 2.44. The quantitative estimate of drug-likeness (QED) is 0.266. The van der Waals surface area contributed by atoms with Crippen molar-refractivity contribution in [2.45, 2.75) is 38.7 Å². The Kier molecular flexibility index (Phi) is 8.27. The van der Waals surface area contributed by atoms with E-state index in [2.05, 4.69) is 0 Å². The second-order valence-electron chi connectivity index (χ2n) is 9.42. The fraction of sp³-hybridized carbons (Fsp3) is 0.323. The van der Waals surface area contributed by atoms with Crippen molar-refractivity contribution in [3.63, 3.8) is 0 Å². The first-order chi connectivity index (χ1) is 18.4. The van der Waals surface area contributed by atoms with Crippen molar-refractivity contribution in [3.05, 3.63) is 89.2 Å². The molecule has 1 aliphatic carbocycles. The van der Waals surface area contributed by atoms with Crippen LogP contribution in [0.25, 0.3) is 16.9 Å². The summed E-state index contributed by atoms with van der Waals surface area (Å²) in [6, 6.07) is 19.4. The molecule has 1 atom stereocenters. The maximum absolute atomic E-state index is 13.1. The van der Waals surface area contributed by atoms with Gasteiger partial charge in [0.15, 0.2) is 5.41 Å². The van der Waals surface area contributed by atoms with Crippen molar-refractivity contribution in [3.8, 4) is 11.3 Å². The molecule has 0 saturated carbocycles. The molecule has 7 heteroatoms. The third-order valence-corrected chi connectivity index (χ3v) is 6.97. The number of hydrogen-bond acceptors (Lipinski definition) is 7. The summed E-state index contributed by atoms with van der Waals surface area (Å²) in [4.78, 5) is 38.0. The van der Waals surface area contributed by atoms with Crippen LogP contribution < -0.4 is 0 Å². The van der Waals surface area contributed by atoms with Crippen molar-refractivity contribution in [1.82, 2.24) is 0 Å². The summed E-state index contributed by atoms with van der Waals surface area (Å²) in [6.45, 7) is 1.53. The second-order valence-corrected chi connectivity index (χ2v) is 9.42. The molecule has 0 aliphatic heterocycles. The van der Waals surface area contributed by atoms with Gasteiger partial charge in [0.25, 0.3) is 0 Å². The van der Waals surface area contributed by atoms with Gasteiger partial charge < -0.3 is 23.4 Å². The molecule has 7 nitrogen and oxygen atoms in total. The molecule has 38 heavy (non-hydrogen) atoms. The predicted molar refractivity (Wildman–Crippen MR) is 142 cm³/mol. The predicted octanol–water partition coefficient (Wildman–Crippen LogP) is 5.71. The molecule has 0 radical (unpaired) electrons. The van der Waals surface area contributed by atoms with Gasteiger partial charge >= 0.3 is 11.9 Å². The van der Waals surface area contributed by atoms with Crippen LogP contribution >= 0.6 is 0 Å². The lowest BCUT2D eigenvalue weighted by Gasteiger charge is -2.33. The van der Waals surface area contributed by atoms with Crippen LogP contribution in [0.15, 0.2) is 71.2 Å². The number of esters is 2. The zero-order valence-electron chi connectivity index (χ0n) is 22.1. The van der Waals surface area contributed by atoms with Crippen LogP contribution in [0.2, 0.25) is 0 Å². The number of furan rings is 1. The number of rotatable bonds is 9. The van der Waals surface area contributed by atoms with E-state index in [-0.39, 0.29) is 18.6 Å². The number of carbonyl (C=O) groups is 3. The van der Waals surface area contributed by atoms with Crippen LogP contribution in [0.5, 0.6) is 0 Å². The van der Waals surface area contributed by atoms with Crippen LogP contribution in [-0.2, 0) is 35.0 Å². The summed E-state index contributed by atoms with van der Waals surface area (Å²) in [6.07, 6.45) is 2.20. The number of benzene rings is 2. The van der Waals surface area contributed by atoms with E-state index < -0.39 is 23.5 Å². The topological polar surface area (TPSA) is 92.0 Å². The summed E-state index contributed by atoms with van der Waals surface area (Å²) < 4.78 is 22.8. The zero-order valence-corrected chi connectivity index (χ0v) is 22.1. The molecule has 2 aromatic carbocycles. The number of methoxy groups -OCH3 is 3. The van der Waals surface area contributed by atoms with E-state index in [1.54, 1.807) is 7.11 Å². The number of hydrogen-bond donors (Lipinski definition) is 0. The lowest BCUT2D eigenvalue weighted by molar-refractivity contribution is -0.169. The first kappa shape index (κ1) is 27.1. The molecular weight excluding hydrogens is 484 g/mol. The fourth-order valence-electron chi connectivity index (χ4n) is 5.21. The number of allylic oxidation sites excluding steroid dienone is 2. The van der Waals surface area contributed by atoms with Crippen LogP contribution in [-0.4, -0.2) is 39.1 Å². The highest BCUT2D eigenvalue weighted by Gasteiger charge is 2.54.